The Morgan fingerprint density at radius 1 is 1.27 bits per heavy atom. The lowest BCUT2D eigenvalue weighted by Gasteiger charge is -2.15. The molecule has 15 heavy (non-hydrogen) atoms. The normalized spacial score (nSPS) is 14.9. The molecule has 0 spiro atoms. The second kappa shape index (κ2) is 3.39. The molecule has 0 atom stereocenters. The largest absolute Gasteiger partial charge is 0.309 e. The van der Waals surface area contributed by atoms with Gasteiger partial charge in [-0.05, 0) is 6.07 Å². The predicted octanol–water partition coefficient (Wildman–Crippen LogP) is -0.162. The molecule has 6 nitrogen and oxygen atoms in total. The van der Waals surface area contributed by atoms with Crippen LogP contribution in [0.5, 0.6) is 0 Å². The fourth-order valence-corrected chi connectivity index (χ4v) is 1.73. The van der Waals surface area contributed by atoms with Gasteiger partial charge in [-0.1, -0.05) is 0 Å². The van der Waals surface area contributed by atoms with E-state index in [9.17, 15) is 0 Å². The van der Waals surface area contributed by atoms with Crippen molar-refractivity contribution in [1.29, 1.82) is 0 Å². The first-order chi connectivity index (χ1) is 7.45. The molecule has 0 amide bonds. The Balaban J connectivity index is 2.09. The van der Waals surface area contributed by atoms with Crippen LogP contribution in [0.3, 0.4) is 0 Å². The van der Waals surface area contributed by atoms with Crippen LogP contribution < -0.4 is 5.32 Å². The Bertz CT molecular complexity index is 463. The molecule has 0 saturated heterocycles. The monoisotopic (exact) mass is 202 g/mol. The van der Waals surface area contributed by atoms with E-state index in [-0.39, 0.29) is 0 Å². The summed E-state index contributed by atoms with van der Waals surface area (Å²) in [5, 5.41) is 19.2. The molecule has 1 aliphatic heterocycles. The molecular weight excluding hydrogens is 192 g/mol. The van der Waals surface area contributed by atoms with Gasteiger partial charge in [0.25, 0.3) is 0 Å². The van der Waals surface area contributed by atoms with E-state index in [0.29, 0.717) is 0 Å². The Kier molecular flexibility index (Phi) is 1.92. The van der Waals surface area contributed by atoms with Crippen LogP contribution in [0.4, 0.5) is 0 Å². The van der Waals surface area contributed by atoms with Gasteiger partial charge in [-0.25, -0.2) is 0 Å². The van der Waals surface area contributed by atoms with Crippen LogP contribution in [0.2, 0.25) is 0 Å². The van der Waals surface area contributed by atoms with Crippen LogP contribution in [0.15, 0.2) is 18.5 Å². The average molecular weight is 202 g/mol. The van der Waals surface area contributed by atoms with Gasteiger partial charge in [0.2, 0.25) is 0 Å². The molecule has 2 aromatic rings. The first-order valence-corrected chi connectivity index (χ1v) is 4.85. The van der Waals surface area contributed by atoms with E-state index in [0.717, 1.165) is 36.8 Å². The van der Waals surface area contributed by atoms with Gasteiger partial charge in [-0.15, -0.1) is 10.2 Å². The quantitative estimate of drug-likeness (QED) is 0.695. The Morgan fingerprint density at radius 3 is 3.13 bits per heavy atom. The second-order valence-corrected chi connectivity index (χ2v) is 3.40. The standard InChI is InChI=1S/C9H10N6/c1-2-11-12-5-7(1)9-14-13-8-6-10-3-4-15(8)9/h1-2,5,10H,3-4,6H2. The maximum atomic E-state index is 4.17. The topological polar surface area (TPSA) is 68.5 Å². The lowest BCUT2D eigenvalue weighted by Crippen LogP contribution is -2.28. The molecule has 3 heterocycles. The van der Waals surface area contributed by atoms with E-state index in [2.05, 4.69) is 30.3 Å². The van der Waals surface area contributed by atoms with E-state index in [1.807, 2.05) is 6.07 Å². The number of fused-ring (bicyclic) bond motifs is 1. The second-order valence-electron chi connectivity index (χ2n) is 3.40. The fourth-order valence-electron chi connectivity index (χ4n) is 1.73. The summed E-state index contributed by atoms with van der Waals surface area (Å²) in [6.07, 6.45) is 3.37. The van der Waals surface area contributed by atoms with Crippen LogP contribution in [0.1, 0.15) is 5.82 Å². The van der Waals surface area contributed by atoms with Crippen molar-refractivity contribution in [2.45, 2.75) is 13.1 Å². The average Bonchev–Trinajstić information content (AvgIpc) is 2.74. The van der Waals surface area contributed by atoms with E-state index in [1.165, 1.54) is 0 Å². The third kappa shape index (κ3) is 1.39. The van der Waals surface area contributed by atoms with Crippen molar-refractivity contribution in [3.63, 3.8) is 0 Å². The molecule has 0 saturated carbocycles. The van der Waals surface area contributed by atoms with E-state index in [4.69, 9.17) is 0 Å². The minimum Gasteiger partial charge on any atom is -0.309 e. The first-order valence-electron chi connectivity index (χ1n) is 4.85. The van der Waals surface area contributed by atoms with Crippen molar-refractivity contribution in [3.8, 4) is 11.4 Å². The Morgan fingerprint density at radius 2 is 2.27 bits per heavy atom. The molecule has 1 aliphatic rings. The van der Waals surface area contributed by atoms with Gasteiger partial charge in [-0.2, -0.15) is 10.2 Å². The summed E-state index contributed by atoms with van der Waals surface area (Å²) in [6.45, 7) is 2.64. The minimum atomic E-state index is 0.783. The summed E-state index contributed by atoms with van der Waals surface area (Å²) in [6, 6.07) is 1.90. The summed E-state index contributed by atoms with van der Waals surface area (Å²) in [5.74, 6) is 1.86. The van der Waals surface area contributed by atoms with Crippen molar-refractivity contribution in [3.05, 3.63) is 24.3 Å². The summed E-state index contributed by atoms with van der Waals surface area (Å²) in [4.78, 5) is 0. The molecular formula is C9H10N6. The highest BCUT2D eigenvalue weighted by molar-refractivity contribution is 5.53. The van der Waals surface area contributed by atoms with Crippen molar-refractivity contribution in [1.82, 2.24) is 30.3 Å². The van der Waals surface area contributed by atoms with Crippen molar-refractivity contribution in [2.24, 2.45) is 0 Å². The molecule has 1 N–H and O–H groups in total. The third-order valence-electron chi connectivity index (χ3n) is 2.47. The number of nitrogens with zero attached hydrogens (tertiary/aromatic N) is 5. The molecule has 6 heteroatoms. The maximum absolute atomic E-state index is 4.17. The Labute approximate surface area is 86.4 Å². The summed E-state index contributed by atoms with van der Waals surface area (Å²) < 4.78 is 2.12. The molecule has 0 fully saturated rings. The third-order valence-corrected chi connectivity index (χ3v) is 2.47. The van der Waals surface area contributed by atoms with Gasteiger partial charge in [-0.3, -0.25) is 0 Å². The van der Waals surface area contributed by atoms with Gasteiger partial charge in [0, 0.05) is 18.7 Å². The van der Waals surface area contributed by atoms with Gasteiger partial charge in [0.15, 0.2) is 5.82 Å². The SMILES string of the molecule is c1cc(-c2nnc3n2CCNC3)cnn1. The molecule has 0 aliphatic carbocycles. The van der Waals surface area contributed by atoms with Gasteiger partial charge in [0.1, 0.15) is 5.82 Å². The van der Waals surface area contributed by atoms with Crippen molar-refractivity contribution in [2.75, 3.05) is 6.54 Å². The highest BCUT2D eigenvalue weighted by atomic mass is 15.3. The van der Waals surface area contributed by atoms with E-state index < -0.39 is 0 Å². The van der Waals surface area contributed by atoms with Crippen LogP contribution in [-0.4, -0.2) is 31.5 Å². The van der Waals surface area contributed by atoms with E-state index >= 15 is 0 Å². The highest BCUT2D eigenvalue weighted by Gasteiger charge is 2.16. The zero-order valence-electron chi connectivity index (χ0n) is 8.09. The molecule has 0 aromatic carbocycles. The fraction of sp³-hybridized carbons (Fsp3) is 0.333. The zero-order valence-corrected chi connectivity index (χ0v) is 8.09. The van der Waals surface area contributed by atoms with Crippen LogP contribution in [0.25, 0.3) is 11.4 Å². The molecule has 0 unspecified atom stereocenters. The van der Waals surface area contributed by atoms with Crippen LogP contribution in [-0.2, 0) is 13.1 Å². The zero-order chi connectivity index (χ0) is 10.1. The lowest BCUT2D eigenvalue weighted by molar-refractivity contribution is 0.508. The molecule has 76 valence electrons. The van der Waals surface area contributed by atoms with Gasteiger partial charge < -0.3 is 9.88 Å². The number of hydrogen-bond acceptors (Lipinski definition) is 5. The van der Waals surface area contributed by atoms with Crippen molar-refractivity contribution < 1.29 is 0 Å². The van der Waals surface area contributed by atoms with Gasteiger partial charge in [0.05, 0.1) is 18.9 Å². The highest BCUT2D eigenvalue weighted by Crippen LogP contribution is 2.17. The lowest BCUT2D eigenvalue weighted by atomic mass is 10.3. The minimum absolute atomic E-state index is 0.783. The van der Waals surface area contributed by atoms with Crippen molar-refractivity contribution >= 4 is 0 Å². The molecule has 0 bridgehead atoms. The number of aromatic nitrogens is 5. The molecule has 0 radical (unpaired) electrons. The summed E-state index contributed by atoms with van der Waals surface area (Å²) in [5.41, 5.74) is 0.964. The first kappa shape index (κ1) is 8.49. The summed E-state index contributed by atoms with van der Waals surface area (Å²) in [7, 11) is 0. The number of rotatable bonds is 1. The Hall–Kier alpha value is -1.82. The van der Waals surface area contributed by atoms with E-state index in [1.54, 1.807) is 12.4 Å². The maximum Gasteiger partial charge on any atom is 0.165 e. The van der Waals surface area contributed by atoms with Crippen LogP contribution >= 0.6 is 0 Å². The number of nitrogens with one attached hydrogen (secondary N) is 1. The smallest absolute Gasteiger partial charge is 0.165 e. The van der Waals surface area contributed by atoms with Gasteiger partial charge >= 0.3 is 0 Å². The molecule has 2 aromatic heterocycles. The molecule has 3 rings (SSSR count). The number of hydrogen-bond donors (Lipinski definition) is 1. The van der Waals surface area contributed by atoms with Crippen LogP contribution in [0, 0.1) is 0 Å². The predicted molar refractivity (Wildman–Crippen MR) is 52.8 cm³/mol. The summed E-state index contributed by atoms with van der Waals surface area (Å²) >= 11 is 0.